The fourth-order valence-electron chi connectivity index (χ4n) is 3.92. The van der Waals surface area contributed by atoms with Crippen LogP contribution in [-0.4, -0.2) is 67.6 Å². The van der Waals surface area contributed by atoms with E-state index in [0.717, 1.165) is 9.87 Å². The Bertz CT molecular complexity index is 1430. The van der Waals surface area contributed by atoms with Crippen LogP contribution < -0.4 is 11.1 Å². The number of fused-ring (bicyclic) bond motifs is 1. The Balaban J connectivity index is 1.40. The SMILES string of the molecule is NC(=O)c1[nH]c2ccc(Br)cc2c1S(=O)(=O)N1CCOC(C(=O)NCCSCc2c(Cl)cccc2Cl)C1. The topological polar surface area (TPSA) is 135 Å². The number of halogens is 3. The number of benzene rings is 2. The number of morpholine rings is 1. The Kier molecular flexibility index (Phi) is 9.10. The van der Waals surface area contributed by atoms with Crippen molar-refractivity contribution in [3.05, 3.63) is 62.2 Å². The first-order chi connectivity index (χ1) is 17.6. The quantitative estimate of drug-likeness (QED) is 0.302. The molecule has 1 atom stereocenters. The zero-order chi connectivity index (χ0) is 26.7. The molecule has 2 heterocycles. The first kappa shape index (κ1) is 28.2. The molecule has 0 radical (unpaired) electrons. The van der Waals surface area contributed by atoms with Gasteiger partial charge in [-0.1, -0.05) is 45.2 Å². The Labute approximate surface area is 236 Å². The summed E-state index contributed by atoms with van der Waals surface area (Å²) in [5, 5.41) is 4.28. The minimum absolute atomic E-state index is 0.0228. The van der Waals surface area contributed by atoms with E-state index >= 15 is 0 Å². The smallest absolute Gasteiger partial charge is 0.266 e. The Morgan fingerprint density at radius 1 is 1.24 bits per heavy atom. The van der Waals surface area contributed by atoms with Gasteiger partial charge in [-0.05, 0) is 35.9 Å². The van der Waals surface area contributed by atoms with E-state index in [4.69, 9.17) is 33.7 Å². The predicted octanol–water partition coefficient (Wildman–Crippen LogP) is 3.78. The highest BCUT2D eigenvalue weighted by molar-refractivity contribution is 9.10. The highest BCUT2D eigenvalue weighted by Gasteiger charge is 2.37. The molecule has 1 saturated heterocycles. The summed E-state index contributed by atoms with van der Waals surface area (Å²) in [4.78, 5) is 27.4. The molecule has 1 unspecified atom stereocenters. The molecule has 2 amide bonds. The normalized spacial score (nSPS) is 16.7. The maximum atomic E-state index is 13.6. The maximum absolute atomic E-state index is 13.6. The second kappa shape index (κ2) is 11.9. The van der Waals surface area contributed by atoms with Crippen molar-refractivity contribution >= 4 is 83.6 Å². The maximum Gasteiger partial charge on any atom is 0.266 e. The van der Waals surface area contributed by atoms with Gasteiger partial charge in [-0.3, -0.25) is 9.59 Å². The number of hydrogen-bond donors (Lipinski definition) is 3. The number of H-pyrrole nitrogens is 1. The van der Waals surface area contributed by atoms with Crippen molar-refractivity contribution in [3.8, 4) is 0 Å². The average molecular weight is 650 g/mol. The third kappa shape index (κ3) is 6.27. The van der Waals surface area contributed by atoms with E-state index < -0.39 is 27.9 Å². The Morgan fingerprint density at radius 3 is 2.68 bits per heavy atom. The lowest BCUT2D eigenvalue weighted by molar-refractivity contribution is -0.136. The van der Waals surface area contributed by atoms with Crippen molar-refractivity contribution in [3.63, 3.8) is 0 Å². The Morgan fingerprint density at radius 2 is 1.97 bits per heavy atom. The molecule has 0 aliphatic carbocycles. The van der Waals surface area contributed by atoms with Crippen LogP contribution in [0.3, 0.4) is 0 Å². The lowest BCUT2D eigenvalue weighted by atomic mass is 10.2. The molecule has 14 heteroatoms. The fraction of sp³-hybridized carbons (Fsp3) is 0.304. The lowest BCUT2D eigenvalue weighted by Crippen LogP contribution is -2.51. The van der Waals surface area contributed by atoms with E-state index in [1.165, 1.54) is 0 Å². The van der Waals surface area contributed by atoms with Gasteiger partial charge in [0.1, 0.15) is 16.7 Å². The zero-order valence-corrected chi connectivity index (χ0v) is 24.0. The zero-order valence-electron chi connectivity index (χ0n) is 19.3. The summed E-state index contributed by atoms with van der Waals surface area (Å²) in [6.07, 6.45) is -1.000. The van der Waals surface area contributed by atoms with E-state index in [-0.39, 0.29) is 30.3 Å². The summed E-state index contributed by atoms with van der Waals surface area (Å²) in [6.45, 7) is 0.199. The van der Waals surface area contributed by atoms with Gasteiger partial charge in [0.05, 0.1) is 6.61 Å². The number of ether oxygens (including phenoxy) is 1. The molecule has 37 heavy (non-hydrogen) atoms. The van der Waals surface area contributed by atoms with E-state index in [0.29, 0.717) is 43.5 Å². The number of amides is 2. The van der Waals surface area contributed by atoms with Crippen LogP contribution in [0.4, 0.5) is 0 Å². The van der Waals surface area contributed by atoms with Crippen molar-refractivity contribution in [2.45, 2.75) is 16.8 Å². The largest absolute Gasteiger partial charge is 0.366 e. The van der Waals surface area contributed by atoms with E-state index in [9.17, 15) is 18.0 Å². The van der Waals surface area contributed by atoms with Gasteiger partial charge in [0, 0.05) is 56.6 Å². The van der Waals surface area contributed by atoms with Crippen LogP contribution >= 0.6 is 50.9 Å². The number of carbonyl (C=O) groups excluding carboxylic acids is 2. The molecule has 3 aromatic rings. The van der Waals surface area contributed by atoms with Gasteiger partial charge in [-0.2, -0.15) is 16.1 Å². The summed E-state index contributed by atoms with van der Waals surface area (Å²) in [7, 11) is -4.18. The van der Waals surface area contributed by atoms with E-state index in [1.807, 2.05) is 0 Å². The van der Waals surface area contributed by atoms with Gasteiger partial charge in [-0.15, -0.1) is 0 Å². The summed E-state index contributed by atoms with van der Waals surface area (Å²) in [5.74, 6) is -0.144. The molecule has 4 N–H and O–H groups in total. The fourth-order valence-corrected chi connectivity index (χ4v) is 7.63. The van der Waals surface area contributed by atoms with Gasteiger partial charge in [0.25, 0.3) is 11.8 Å². The number of nitrogens with zero attached hydrogens (tertiary/aromatic N) is 1. The number of carbonyl (C=O) groups is 2. The average Bonchev–Trinajstić information content (AvgIpc) is 3.25. The second-order valence-electron chi connectivity index (χ2n) is 8.15. The molecule has 1 aliphatic rings. The molecular formula is C23H23BrCl2N4O5S2. The molecule has 1 aromatic heterocycles. The van der Waals surface area contributed by atoms with E-state index in [2.05, 4.69) is 26.2 Å². The summed E-state index contributed by atoms with van der Waals surface area (Å²) >= 11 is 17.2. The number of aromatic nitrogens is 1. The van der Waals surface area contributed by atoms with Crippen LogP contribution in [0.5, 0.6) is 0 Å². The number of aromatic amines is 1. The number of thioether (sulfide) groups is 1. The summed E-state index contributed by atoms with van der Waals surface area (Å²) in [5.41, 5.74) is 6.55. The lowest BCUT2D eigenvalue weighted by Gasteiger charge is -2.31. The van der Waals surface area contributed by atoms with Crippen molar-refractivity contribution < 1.29 is 22.7 Å². The van der Waals surface area contributed by atoms with Gasteiger partial charge >= 0.3 is 0 Å². The van der Waals surface area contributed by atoms with Crippen LogP contribution in [0, 0.1) is 0 Å². The number of hydrogen-bond acceptors (Lipinski definition) is 6. The van der Waals surface area contributed by atoms with Crippen LogP contribution in [0.25, 0.3) is 10.9 Å². The van der Waals surface area contributed by atoms with E-state index in [1.54, 1.807) is 48.2 Å². The standard InChI is InChI=1S/C23H23BrCl2N4O5S2/c24-13-4-5-18-14(10-13)21(20(29-18)22(27)31)37(33,34)30-7-8-35-19(11-30)23(32)28-6-9-36-12-15-16(25)2-1-3-17(15)26/h1-5,10,19,29H,6-9,11-12H2,(H2,27,31)(H,28,32). The number of primary amides is 1. The highest BCUT2D eigenvalue weighted by Crippen LogP contribution is 2.32. The third-order valence-electron chi connectivity index (χ3n) is 5.73. The molecule has 0 bridgehead atoms. The van der Waals surface area contributed by atoms with Crippen LogP contribution in [0.2, 0.25) is 10.0 Å². The molecule has 1 fully saturated rings. The monoisotopic (exact) mass is 648 g/mol. The predicted molar refractivity (Wildman–Crippen MR) is 149 cm³/mol. The molecule has 9 nitrogen and oxygen atoms in total. The van der Waals surface area contributed by atoms with Gasteiger partial charge < -0.3 is 20.8 Å². The number of nitrogens with two attached hydrogens (primary N) is 1. The molecule has 0 spiro atoms. The number of sulfonamides is 1. The van der Waals surface area contributed by atoms with Crippen molar-refractivity contribution in [2.24, 2.45) is 5.73 Å². The van der Waals surface area contributed by atoms with Gasteiger partial charge in [0.2, 0.25) is 10.0 Å². The first-order valence-corrected chi connectivity index (χ1v) is 15.2. The molecule has 198 valence electrons. The Hall–Kier alpha value is -1.80. The minimum atomic E-state index is -4.18. The van der Waals surface area contributed by atoms with Crippen molar-refractivity contribution in [2.75, 3.05) is 32.0 Å². The summed E-state index contributed by atoms with van der Waals surface area (Å²) in [6, 6.07) is 10.3. The van der Waals surface area contributed by atoms with Gasteiger partial charge in [0.15, 0.2) is 0 Å². The number of nitrogens with one attached hydrogen (secondary N) is 2. The molecule has 0 saturated carbocycles. The molecular weight excluding hydrogens is 627 g/mol. The highest BCUT2D eigenvalue weighted by atomic mass is 79.9. The summed E-state index contributed by atoms with van der Waals surface area (Å²) < 4.78 is 34.6. The van der Waals surface area contributed by atoms with Crippen LogP contribution in [-0.2, 0) is 25.3 Å². The minimum Gasteiger partial charge on any atom is -0.366 e. The van der Waals surface area contributed by atoms with Crippen molar-refractivity contribution in [1.29, 1.82) is 0 Å². The van der Waals surface area contributed by atoms with Crippen molar-refractivity contribution in [1.82, 2.24) is 14.6 Å². The van der Waals surface area contributed by atoms with Crippen LogP contribution in [0.1, 0.15) is 16.1 Å². The first-order valence-electron chi connectivity index (χ1n) is 11.1. The number of rotatable bonds is 9. The molecule has 2 aromatic carbocycles. The molecule has 1 aliphatic heterocycles. The third-order valence-corrected chi connectivity index (χ3v) is 9.87. The second-order valence-corrected chi connectivity index (χ2v) is 12.9. The van der Waals surface area contributed by atoms with Crippen LogP contribution in [0.15, 0.2) is 45.8 Å². The van der Waals surface area contributed by atoms with Gasteiger partial charge in [-0.25, -0.2) is 8.42 Å². The molecule has 4 rings (SSSR count).